The van der Waals surface area contributed by atoms with E-state index in [1.54, 1.807) is 49.1 Å². The first kappa shape index (κ1) is 22.4. The largest absolute Gasteiger partial charge is 0.497 e. The van der Waals surface area contributed by atoms with E-state index >= 15 is 0 Å². The molecule has 0 bridgehead atoms. The van der Waals surface area contributed by atoms with Crippen LogP contribution in [0.1, 0.15) is 63.4 Å². The molecule has 1 aromatic carbocycles. The number of piperidine rings is 1. The van der Waals surface area contributed by atoms with Gasteiger partial charge in [0.25, 0.3) is 11.8 Å². The number of methoxy groups -OCH3 is 1. The van der Waals surface area contributed by atoms with Crippen molar-refractivity contribution in [3.63, 3.8) is 0 Å². The number of likely N-dealkylation sites (tertiary alicyclic amines) is 1. The highest BCUT2D eigenvalue weighted by Crippen LogP contribution is 2.30. The molecule has 2 amide bonds. The second-order valence-electron chi connectivity index (χ2n) is 8.13. The molecule has 1 atom stereocenters. The van der Waals surface area contributed by atoms with Gasteiger partial charge in [-0.15, -0.1) is 0 Å². The zero-order valence-corrected chi connectivity index (χ0v) is 19.1. The predicted molar refractivity (Wildman–Crippen MR) is 122 cm³/mol. The lowest BCUT2D eigenvalue weighted by atomic mass is 10.0. The van der Waals surface area contributed by atoms with Crippen LogP contribution in [0.25, 0.3) is 0 Å². The molecule has 1 aliphatic heterocycles. The fraction of sp³-hybridized carbons (Fsp3) is 0.375. The van der Waals surface area contributed by atoms with Crippen molar-refractivity contribution in [2.24, 2.45) is 7.05 Å². The fourth-order valence-corrected chi connectivity index (χ4v) is 4.07. The number of hydrogen-bond acceptors (Lipinski definition) is 6. The van der Waals surface area contributed by atoms with E-state index in [0.717, 1.165) is 30.6 Å². The molecule has 1 aliphatic rings. The summed E-state index contributed by atoms with van der Waals surface area (Å²) in [5, 5.41) is 2.91. The minimum atomic E-state index is -0.244. The fourth-order valence-electron chi connectivity index (χ4n) is 4.07. The Bertz CT molecular complexity index is 1160. The molecule has 2 aromatic heterocycles. The number of hydrogen-bond donors (Lipinski definition) is 1. The van der Waals surface area contributed by atoms with Crippen LogP contribution >= 0.6 is 0 Å². The highest BCUT2D eigenvalue weighted by atomic mass is 16.5. The van der Waals surface area contributed by atoms with E-state index in [0.29, 0.717) is 36.0 Å². The summed E-state index contributed by atoms with van der Waals surface area (Å²) in [6, 6.07) is 7.30. The van der Waals surface area contributed by atoms with Crippen molar-refractivity contribution >= 4 is 11.8 Å². The molecule has 4 rings (SSSR count). The van der Waals surface area contributed by atoms with Crippen molar-refractivity contribution in [3.8, 4) is 5.75 Å². The van der Waals surface area contributed by atoms with Gasteiger partial charge in [-0.3, -0.25) is 9.59 Å². The van der Waals surface area contributed by atoms with Crippen molar-refractivity contribution in [3.05, 3.63) is 71.3 Å². The Kier molecular flexibility index (Phi) is 6.67. The molecule has 1 fully saturated rings. The lowest BCUT2D eigenvalue weighted by Gasteiger charge is -2.34. The zero-order chi connectivity index (χ0) is 23.4. The summed E-state index contributed by atoms with van der Waals surface area (Å²) < 4.78 is 6.94. The third-order valence-electron chi connectivity index (χ3n) is 5.90. The molecule has 1 unspecified atom stereocenters. The second-order valence-corrected chi connectivity index (χ2v) is 8.13. The maximum atomic E-state index is 13.1. The van der Waals surface area contributed by atoms with E-state index in [1.807, 2.05) is 24.3 Å². The van der Waals surface area contributed by atoms with Crippen LogP contribution in [0.5, 0.6) is 5.75 Å². The molecule has 3 heterocycles. The zero-order valence-electron chi connectivity index (χ0n) is 19.1. The van der Waals surface area contributed by atoms with Crippen LogP contribution in [-0.4, -0.2) is 49.9 Å². The van der Waals surface area contributed by atoms with Gasteiger partial charge >= 0.3 is 0 Å². The minimum absolute atomic E-state index is 0.131. The first-order valence-corrected chi connectivity index (χ1v) is 11.0. The lowest BCUT2D eigenvalue weighted by molar-refractivity contribution is 0.0582. The first-order chi connectivity index (χ1) is 16.0. The Morgan fingerprint density at radius 2 is 2.09 bits per heavy atom. The number of ether oxygens (including phenoxy) is 1. The maximum absolute atomic E-state index is 13.1. The molecule has 0 spiro atoms. The number of aryl methyl sites for hydroxylation is 2. The van der Waals surface area contributed by atoms with Gasteiger partial charge in [-0.1, -0.05) is 12.1 Å². The van der Waals surface area contributed by atoms with E-state index in [-0.39, 0.29) is 17.9 Å². The summed E-state index contributed by atoms with van der Waals surface area (Å²) >= 11 is 0. The molecule has 172 valence electrons. The van der Waals surface area contributed by atoms with E-state index in [9.17, 15) is 9.59 Å². The first-order valence-electron chi connectivity index (χ1n) is 11.0. The van der Waals surface area contributed by atoms with Crippen LogP contribution in [0.4, 0.5) is 0 Å². The van der Waals surface area contributed by atoms with Crippen molar-refractivity contribution in [1.29, 1.82) is 0 Å². The van der Waals surface area contributed by atoms with Crippen LogP contribution < -0.4 is 10.1 Å². The highest BCUT2D eigenvalue weighted by molar-refractivity contribution is 5.95. The molecule has 33 heavy (non-hydrogen) atoms. The number of nitrogens with one attached hydrogen (secondary N) is 1. The van der Waals surface area contributed by atoms with Crippen molar-refractivity contribution < 1.29 is 14.3 Å². The molecule has 0 radical (unpaired) electrons. The van der Waals surface area contributed by atoms with Gasteiger partial charge in [0.2, 0.25) is 0 Å². The summed E-state index contributed by atoms with van der Waals surface area (Å²) in [5.41, 5.74) is 1.93. The summed E-state index contributed by atoms with van der Waals surface area (Å²) in [7, 11) is 3.41. The van der Waals surface area contributed by atoms with Crippen molar-refractivity contribution in [2.75, 3.05) is 13.7 Å². The molecular formula is C24H28N6O3. The van der Waals surface area contributed by atoms with Gasteiger partial charge in [-0.2, -0.15) is 0 Å². The molecule has 9 nitrogen and oxygen atoms in total. The summed E-state index contributed by atoms with van der Waals surface area (Å²) in [4.78, 5) is 41.0. The van der Waals surface area contributed by atoms with Gasteiger partial charge in [0, 0.05) is 38.7 Å². The van der Waals surface area contributed by atoms with Crippen LogP contribution in [0, 0.1) is 6.92 Å². The van der Waals surface area contributed by atoms with Gasteiger partial charge in [0.1, 0.15) is 5.75 Å². The monoisotopic (exact) mass is 448 g/mol. The number of nitrogens with zero attached hydrogens (tertiary/aromatic N) is 5. The molecular weight excluding hydrogens is 420 g/mol. The third kappa shape index (κ3) is 4.87. The quantitative estimate of drug-likeness (QED) is 0.622. The average Bonchev–Trinajstić information content (AvgIpc) is 3.28. The van der Waals surface area contributed by atoms with E-state index in [4.69, 9.17) is 4.74 Å². The van der Waals surface area contributed by atoms with E-state index in [1.165, 1.54) is 0 Å². The number of amides is 2. The van der Waals surface area contributed by atoms with Crippen LogP contribution in [0.15, 0.2) is 42.9 Å². The average molecular weight is 449 g/mol. The van der Waals surface area contributed by atoms with Gasteiger partial charge in [0.05, 0.1) is 24.4 Å². The number of imidazole rings is 1. The van der Waals surface area contributed by atoms with Crippen LogP contribution in [-0.2, 0) is 13.6 Å². The lowest BCUT2D eigenvalue weighted by Crippen LogP contribution is -2.40. The Hall–Kier alpha value is -3.75. The molecule has 3 aromatic rings. The number of carbonyl (C=O) groups is 2. The molecule has 9 heteroatoms. The predicted octanol–water partition coefficient (Wildman–Crippen LogP) is 2.82. The number of aromatic nitrogens is 4. The minimum Gasteiger partial charge on any atom is -0.497 e. The molecule has 0 aliphatic carbocycles. The van der Waals surface area contributed by atoms with E-state index < -0.39 is 0 Å². The molecule has 0 saturated carbocycles. The van der Waals surface area contributed by atoms with Crippen molar-refractivity contribution in [2.45, 2.75) is 38.8 Å². The Morgan fingerprint density at radius 1 is 1.24 bits per heavy atom. The number of rotatable bonds is 6. The molecule has 1 N–H and O–H groups in total. The van der Waals surface area contributed by atoms with Gasteiger partial charge in [0.15, 0.2) is 11.6 Å². The van der Waals surface area contributed by atoms with Crippen molar-refractivity contribution in [1.82, 2.24) is 29.7 Å². The van der Waals surface area contributed by atoms with Gasteiger partial charge in [-0.25, -0.2) is 15.0 Å². The summed E-state index contributed by atoms with van der Waals surface area (Å²) in [6.45, 7) is 2.78. The van der Waals surface area contributed by atoms with Crippen LogP contribution in [0.3, 0.4) is 0 Å². The highest BCUT2D eigenvalue weighted by Gasteiger charge is 2.32. The molecule has 1 saturated heterocycles. The smallest absolute Gasteiger partial charge is 0.290 e. The normalized spacial score (nSPS) is 15.8. The maximum Gasteiger partial charge on any atom is 0.290 e. The Morgan fingerprint density at radius 3 is 2.82 bits per heavy atom. The van der Waals surface area contributed by atoms with Gasteiger partial charge < -0.3 is 19.5 Å². The topological polar surface area (TPSA) is 102 Å². The Labute approximate surface area is 192 Å². The van der Waals surface area contributed by atoms with E-state index in [2.05, 4.69) is 20.3 Å². The standard InChI is InChI=1S/C24H28N6O3/c1-16-19(23(31)27-14-17-7-6-8-18(13-17)33-3)15-26-21(28-16)20-9-4-5-11-30(20)24(32)22-25-10-12-29(22)2/h6-8,10,12-13,15,20H,4-5,9,11,14H2,1-3H3,(H,27,31). The van der Waals surface area contributed by atoms with Crippen LogP contribution in [0.2, 0.25) is 0 Å². The number of benzene rings is 1. The third-order valence-corrected chi connectivity index (χ3v) is 5.90. The summed E-state index contributed by atoms with van der Waals surface area (Å²) in [5.74, 6) is 1.31. The Balaban J connectivity index is 1.49. The SMILES string of the molecule is COc1cccc(CNC(=O)c2cnc(C3CCCCN3C(=O)c3nccn3C)nc2C)c1. The van der Waals surface area contributed by atoms with Gasteiger partial charge in [-0.05, 0) is 43.9 Å². The number of carbonyl (C=O) groups excluding carboxylic acids is 2. The summed E-state index contributed by atoms with van der Waals surface area (Å²) in [6.07, 6.45) is 7.61. The second kappa shape index (κ2) is 9.81.